The lowest BCUT2D eigenvalue weighted by atomic mass is 9.75. The van der Waals surface area contributed by atoms with Crippen LogP contribution >= 0.6 is 0 Å². The highest BCUT2D eigenvalue weighted by molar-refractivity contribution is 7.88. The Kier molecular flexibility index (Phi) is 7.17. The number of nitrogens with one attached hydrogen (secondary N) is 2. The fourth-order valence-electron chi connectivity index (χ4n) is 4.75. The number of rotatable bonds is 8. The van der Waals surface area contributed by atoms with Crippen LogP contribution in [0.5, 0.6) is 5.75 Å². The summed E-state index contributed by atoms with van der Waals surface area (Å²) in [5.74, 6) is 0.737. The normalized spacial score (nSPS) is 21.0. The van der Waals surface area contributed by atoms with Crippen molar-refractivity contribution < 1.29 is 13.2 Å². The zero-order valence-corrected chi connectivity index (χ0v) is 20.1. The third-order valence-electron chi connectivity index (χ3n) is 6.50. The maximum atomic E-state index is 12.2. The molecule has 5 nitrogen and oxygen atoms in total. The fraction of sp³-hybridized carbons (Fsp3) is 0.333. The van der Waals surface area contributed by atoms with Crippen molar-refractivity contribution in [1.82, 2.24) is 10.0 Å². The first kappa shape index (κ1) is 23.5. The highest BCUT2D eigenvalue weighted by Gasteiger charge is 2.39. The average Bonchev–Trinajstić information content (AvgIpc) is 2.83. The van der Waals surface area contributed by atoms with Crippen LogP contribution < -0.4 is 14.8 Å². The van der Waals surface area contributed by atoms with Crippen LogP contribution in [0.2, 0.25) is 0 Å². The zero-order valence-electron chi connectivity index (χ0n) is 19.3. The third kappa shape index (κ3) is 6.02. The van der Waals surface area contributed by atoms with Gasteiger partial charge in [0.05, 0.1) is 18.9 Å². The Bertz CT molecular complexity index is 1150. The number of benzene rings is 3. The maximum Gasteiger partial charge on any atom is 0.209 e. The molecule has 0 aliphatic heterocycles. The molecule has 33 heavy (non-hydrogen) atoms. The molecule has 0 heterocycles. The Morgan fingerprint density at radius 2 is 1.58 bits per heavy atom. The van der Waals surface area contributed by atoms with E-state index in [0.717, 1.165) is 43.5 Å². The highest BCUT2D eigenvalue weighted by atomic mass is 32.2. The summed E-state index contributed by atoms with van der Waals surface area (Å²) in [6.07, 6.45) is 4.48. The Balaban J connectivity index is 1.40. The first-order valence-corrected chi connectivity index (χ1v) is 13.3. The van der Waals surface area contributed by atoms with Gasteiger partial charge in [0.15, 0.2) is 0 Å². The fourth-order valence-corrected chi connectivity index (χ4v) is 5.78. The van der Waals surface area contributed by atoms with Gasteiger partial charge in [-0.2, -0.15) is 0 Å². The first-order chi connectivity index (χ1) is 15.9. The Morgan fingerprint density at radius 1 is 0.909 bits per heavy atom. The SMILES string of the molecule is COc1cccc([C@]2(NS(C)(=O)=O)CC[C@@H](NCc3ccc(-c4ccccc4)cc3)CC2)c1. The monoisotopic (exact) mass is 464 g/mol. The van der Waals surface area contributed by atoms with E-state index in [1.807, 2.05) is 30.3 Å². The molecule has 6 heteroatoms. The van der Waals surface area contributed by atoms with Gasteiger partial charge in [0.25, 0.3) is 0 Å². The quantitative estimate of drug-likeness (QED) is 0.501. The van der Waals surface area contributed by atoms with E-state index < -0.39 is 15.6 Å². The number of ether oxygens (including phenoxy) is 1. The molecule has 0 saturated heterocycles. The van der Waals surface area contributed by atoms with Crippen LogP contribution in [0.15, 0.2) is 78.9 Å². The molecule has 4 rings (SSSR count). The van der Waals surface area contributed by atoms with Crippen molar-refractivity contribution in [2.75, 3.05) is 13.4 Å². The minimum atomic E-state index is -3.36. The third-order valence-corrected chi connectivity index (χ3v) is 7.26. The molecule has 174 valence electrons. The summed E-state index contributed by atoms with van der Waals surface area (Å²) < 4.78 is 32.7. The van der Waals surface area contributed by atoms with Crippen LogP contribution in [-0.2, 0) is 22.1 Å². The Morgan fingerprint density at radius 3 is 2.21 bits per heavy atom. The van der Waals surface area contributed by atoms with Crippen molar-refractivity contribution >= 4 is 10.0 Å². The maximum absolute atomic E-state index is 12.2. The predicted molar refractivity (Wildman–Crippen MR) is 134 cm³/mol. The molecule has 0 unspecified atom stereocenters. The van der Waals surface area contributed by atoms with Crippen molar-refractivity contribution in [1.29, 1.82) is 0 Å². The van der Waals surface area contributed by atoms with Gasteiger partial charge in [-0.25, -0.2) is 13.1 Å². The molecular weight excluding hydrogens is 432 g/mol. The molecular formula is C27H32N2O3S. The van der Waals surface area contributed by atoms with Gasteiger partial charge in [-0.3, -0.25) is 0 Å². The van der Waals surface area contributed by atoms with Crippen molar-refractivity contribution in [3.05, 3.63) is 90.0 Å². The van der Waals surface area contributed by atoms with Gasteiger partial charge in [0.1, 0.15) is 5.75 Å². The van der Waals surface area contributed by atoms with E-state index in [-0.39, 0.29) is 0 Å². The first-order valence-electron chi connectivity index (χ1n) is 11.4. The summed E-state index contributed by atoms with van der Waals surface area (Å²) >= 11 is 0. The second-order valence-corrected chi connectivity index (χ2v) is 10.7. The minimum absolute atomic E-state index is 0.346. The van der Waals surface area contributed by atoms with Crippen LogP contribution in [0.4, 0.5) is 0 Å². The lowest BCUT2D eigenvalue weighted by molar-refractivity contribution is 0.230. The Labute approximate surface area is 197 Å². The lowest BCUT2D eigenvalue weighted by Crippen LogP contribution is -2.50. The van der Waals surface area contributed by atoms with E-state index in [4.69, 9.17) is 4.74 Å². The number of hydrogen-bond acceptors (Lipinski definition) is 4. The van der Waals surface area contributed by atoms with E-state index in [2.05, 4.69) is 58.6 Å². The Hall–Kier alpha value is -2.67. The van der Waals surface area contributed by atoms with Gasteiger partial charge in [-0.05, 0) is 60.1 Å². The summed E-state index contributed by atoms with van der Waals surface area (Å²) in [6, 6.07) is 27.1. The number of sulfonamides is 1. The molecule has 0 radical (unpaired) electrons. The van der Waals surface area contributed by atoms with Gasteiger partial charge in [-0.1, -0.05) is 66.7 Å². The van der Waals surface area contributed by atoms with Crippen LogP contribution in [-0.4, -0.2) is 27.8 Å². The molecule has 0 amide bonds. The summed E-state index contributed by atoms with van der Waals surface area (Å²) in [6.45, 7) is 0.797. The van der Waals surface area contributed by atoms with Gasteiger partial charge >= 0.3 is 0 Å². The van der Waals surface area contributed by atoms with Crippen molar-refractivity contribution in [3.8, 4) is 16.9 Å². The molecule has 0 atom stereocenters. The standard InChI is InChI=1S/C27H32N2O3S/c1-32-26-10-6-9-24(19-26)27(29-33(2,30)31)17-15-25(16-18-27)28-20-21-11-13-23(14-12-21)22-7-4-3-5-8-22/h3-14,19,25,28-29H,15-18,20H2,1-2H3/t25-,27+. The van der Waals surface area contributed by atoms with Gasteiger partial charge in [-0.15, -0.1) is 0 Å². The van der Waals surface area contributed by atoms with E-state index in [0.29, 0.717) is 6.04 Å². The molecule has 3 aromatic rings. The van der Waals surface area contributed by atoms with Crippen molar-refractivity contribution in [2.24, 2.45) is 0 Å². The summed E-state index contributed by atoms with van der Waals surface area (Å²) in [4.78, 5) is 0. The molecule has 1 aliphatic carbocycles. The van der Waals surface area contributed by atoms with E-state index in [1.165, 1.54) is 22.9 Å². The van der Waals surface area contributed by atoms with E-state index in [1.54, 1.807) is 7.11 Å². The van der Waals surface area contributed by atoms with Crippen LogP contribution in [0.1, 0.15) is 36.8 Å². The van der Waals surface area contributed by atoms with Crippen molar-refractivity contribution in [2.45, 2.75) is 43.8 Å². The van der Waals surface area contributed by atoms with Gasteiger partial charge in [0.2, 0.25) is 10.0 Å². The van der Waals surface area contributed by atoms with Crippen LogP contribution in [0.25, 0.3) is 11.1 Å². The average molecular weight is 465 g/mol. The van der Waals surface area contributed by atoms with E-state index in [9.17, 15) is 8.42 Å². The van der Waals surface area contributed by atoms with Crippen molar-refractivity contribution in [3.63, 3.8) is 0 Å². The number of methoxy groups -OCH3 is 1. The summed E-state index contributed by atoms with van der Waals surface area (Å²) in [5, 5.41) is 3.67. The second kappa shape index (κ2) is 10.1. The van der Waals surface area contributed by atoms with Gasteiger partial charge < -0.3 is 10.1 Å². The minimum Gasteiger partial charge on any atom is -0.497 e. The van der Waals surface area contributed by atoms with E-state index >= 15 is 0 Å². The molecule has 3 aromatic carbocycles. The number of hydrogen-bond donors (Lipinski definition) is 2. The molecule has 1 saturated carbocycles. The highest BCUT2D eigenvalue weighted by Crippen LogP contribution is 2.39. The largest absolute Gasteiger partial charge is 0.497 e. The van der Waals surface area contributed by atoms with Crippen LogP contribution in [0, 0.1) is 0 Å². The molecule has 2 N–H and O–H groups in total. The molecule has 1 fully saturated rings. The molecule has 1 aliphatic rings. The predicted octanol–water partition coefficient (Wildman–Crippen LogP) is 4.84. The smallest absolute Gasteiger partial charge is 0.209 e. The molecule has 0 aromatic heterocycles. The summed E-state index contributed by atoms with van der Waals surface area (Å²) in [5.41, 5.74) is 4.04. The second-order valence-electron chi connectivity index (χ2n) is 8.91. The topological polar surface area (TPSA) is 67.4 Å². The molecule has 0 spiro atoms. The van der Waals surface area contributed by atoms with Gasteiger partial charge in [0, 0.05) is 12.6 Å². The molecule has 0 bridgehead atoms. The lowest BCUT2D eigenvalue weighted by Gasteiger charge is -2.41. The summed E-state index contributed by atoms with van der Waals surface area (Å²) in [7, 11) is -1.73. The van der Waals surface area contributed by atoms with Crippen LogP contribution in [0.3, 0.4) is 0 Å². The zero-order chi connectivity index (χ0) is 23.3.